The lowest BCUT2D eigenvalue weighted by Gasteiger charge is -2.47. The van der Waals surface area contributed by atoms with Gasteiger partial charge in [0, 0.05) is 19.2 Å². The molecule has 0 N–H and O–H groups in total. The second kappa shape index (κ2) is 4.23. The minimum absolute atomic E-state index is 0.173. The molecule has 0 radical (unpaired) electrons. The lowest BCUT2D eigenvalue weighted by molar-refractivity contribution is 0.194. The fraction of sp³-hybridized carbons (Fsp3) is 0.538. The lowest BCUT2D eigenvalue weighted by Crippen LogP contribution is -2.52. The van der Waals surface area contributed by atoms with Gasteiger partial charge in [-0.2, -0.15) is 0 Å². The Morgan fingerprint density at radius 3 is 2.29 bits per heavy atom. The molecule has 0 bridgehead atoms. The monoisotopic (exact) mass is 303 g/mol. The molecular weight excluding hydrogens is 288 g/mol. The molecule has 1 nitrogen and oxygen atoms in total. The van der Waals surface area contributed by atoms with Crippen molar-refractivity contribution in [1.82, 2.24) is 0 Å². The number of hydrogen-bond acceptors (Lipinski definition) is 1. The molecule has 1 aliphatic rings. The van der Waals surface area contributed by atoms with Gasteiger partial charge in [0.1, 0.15) is 11.6 Å². The molecule has 1 aromatic rings. The van der Waals surface area contributed by atoms with Crippen molar-refractivity contribution >= 4 is 21.6 Å². The zero-order valence-corrected chi connectivity index (χ0v) is 11.8. The molecule has 0 saturated carbocycles. The van der Waals surface area contributed by atoms with Crippen molar-refractivity contribution in [2.45, 2.75) is 20.8 Å². The van der Waals surface area contributed by atoms with Crippen LogP contribution in [-0.2, 0) is 0 Å². The molecule has 17 heavy (non-hydrogen) atoms. The van der Waals surface area contributed by atoms with Gasteiger partial charge in [-0.3, -0.25) is 0 Å². The van der Waals surface area contributed by atoms with E-state index in [0.29, 0.717) is 11.6 Å². The number of rotatable bonds is 1. The predicted octanol–water partition coefficient (Wildman–Crippen LogP) is 4.21. The number of halogens is 3. The highest BCUT2D eigenvalue weighted by molar-refractivity contribution is 9.10. The molecule has 1 heterocycles. The van der Waals surface area contributed by atoms with E-state index in [1.54, 1.807) is 0 Å². The lowest BCUT2D eigenvalue weighted by atomic mass is 9.76. The molecule has 0 unspecified atom stereocenters. The van der Waals surface area contributed by atoms with Crippen molar-refractivity contribution in [1.29, 1.82) is 0 Å². The highest BCUT2D eigenvalue weighted by Crippen LogP contribution is 2.38. The Kier molecular flexibility index (Phi) is 3.19. The first-order valence-corrected chi connectivity index (χ1v) is 6.48. The van der Waals surface area contributed by atoms with Gasteiger partial charge in [0.2, 0.25) is 0 Å². The molecular formula is C13H16BrF2N. The molecule has 1 aliphatic heterocycles. The summed E-state index contributed by atoms with van der Waals surface area (Å²) in [6, 6.07) is 2.45. The summed E-state index contributed by atoms with van der Waals surface area (Å²) >= 11 is 2.98. The van der Waals surface area contributed by atoms with Crippen LogP contribution < -0.4 is 4.90 Å². The molecule has 0 aliphatic carbocycles. The number of nitrogens with zero attached hydrogens (tertiary/aromatic N) is 1. The topological polar surface area (TPSA) is 3.24 Å². The van der Waals surface area contributed by atoms with Crippen LogP contribution in [0.4, 0.5) is 14.5 Å². The van der Waals surface area contributed by atoms with Crippen LogP contribution in [0.5, 0.6) is 0 Å². The second-order valence-electron chi connectivity index (χ2n) is 5.69. The van der Waals surface area contributed by atoms with Crippen molar-refractivity contribution in [2.75, 3.05) is 18.0 Å². The van der Waals surface area contributed by atoms with Crippen LogP contribution in [0, 0.1) is 23.0 Å². The number of benzene rings is 1. The second-order valence-corrected chi connectivity index (χ2v) is 6.54. The van der Waals surface area contributed by atoms with Crippen molar-refractivity contribution in [2.24, 2.45) is 11.3 Å². The van der Waals surface area contributed by atoms with E-state index in [4.69, 9.17) is 0 Å². The first kappa shape index (κ1) is 12.8. The maximum Gasteiger partial charge on any atom is 0.147 e. The third kappa shape index (κ3) is 2.46. The van der Waals surface area contributed by atoms with Crippen molar-refractivity contribution in [3.8, 4) is 0 Å². The molecule has 4 heteroatoms. The van der Waals surface area contributed by atoms with Crippen molar-refractivity contribution < 1.29 is 8.78 Å². The van der Waals surface area contributed by atoms with E-state index < -0.39 is 5.82 Å². The average Bonchev–Trinajstić information content (AvgIpc) is 2.08. The highest BCUT2D eigenvalue weighted by atomic mass is 79.9. The predicted molar refractivity (Wildman–Crippen MR) is 69.2 cm³/mol. The van der Waals surface area contributed by atoms with E-state index in [1.165, 1.54) is 12.1 Å². The third-order valence-corrected chi connectivity index (χ3v) is 4.04. The molecule has 0 amide bonds. The average molecular weight is 304 g/mol. The van der Waals surface area contributed by atoms with Gasteiger partial charge in [0.25, 0.3) is 0 Å². The molecule has 2 rings (SSSR count). The summed E-state index contributed by atoms with van der Waals surface area (Å²) in [6.45, 7) is 8.11. The summed E-state index contributed by atoms with van der Waals surface area (Å²) in [7, 11) is 0. The molecule has 1 fully saturated rings. The standard InChI is InChI=1S/C13H16BrF2N/c1-13(2,3)8-6-17(7-8)12-5-10(15)9(14)4-11(12)16/h4-5,8H,6-7H2,1-3H3. The van der Waals surface area contributed by atoms with E-state index in [0.717, 1.165) is 13.1 Å². The Labute approximate surface area is 109 Å². The third-order valence-electron chi connectivity index (χ3n) is 3.44. The van der Waals surface area contributed by atoms with Gasteiger partial charge in [-0.05, 0) is 33.3 Å². The van der Waals surface area contributed by atoms with Crippen LogP contribution in [0.2, 0.25) is 0 Å². The molecule has 0 spiro atoms. The van der Waals surface area contributed by atoms with E-state index >= 15 is 0 Å². The van der Waals surface area contributed by atoms with Gasteiger partial charge in [-0.15, -0.1) is 0 Å². The van der Waals surface area contributed by atoms with Gasteiger partial charge >= 0.3 is 0 Å². The van der Waals surface area contributed by atoms with Crippen LogP contribution in [0.25, 0.3) is 0 Å². The Morgan fingerprint density at radius 1 is 1.18 bits per heavy atom. The summed E-state index contributed by atoms with van der Waals surface area (Å²) in [4.78, 5) is 1.89. The van der Waals surface area contributed by atoms with Gasteiger partial charge < -0.3 is 4.90 Å². The smallest absolute Gasteiger partial charge is 0.147 e. The zero-order valence-electron chi connectivity index (χ0n) is 10.2. The fourth-order valence-corrected chi connectivity index (χ4v) is 2.29. The van der Waals surface area contributed by atoms with Gasteiger partial charge in [0.15, 0.2) is 0 Å². The summed E-state index contributed by atoms with van der Waals surface area (Å²) in [6.07, 6.45) is 0. The van der Waals surface area contributed by atoms with E-state index in [9.17, 15) is 8.78 Å². The highest BCUT2D eigenvalue weighted by Gasteiger charge is 2.36. The van der Waals surface area contributed by atoms with E-state index in [1.807, 2.05) is 4.90 Å². The maximum absolute atomic E-state index is 13.7. The SMILES string of the molecule is CC(C)(C)C1CN(c2cc(F)c(Br)cc2F)C1. The van der Waals surface area contributed by atoms with Crippen LogP contribution in [0.15, 0.2) is 16.6 Å². The van der Waals surface area contributed by atoms with Crippen LogP contribution in [0.3, 0.4) is 0 Å². The summed E-state index contributed by atoms with van der Waals surface area (Å²) in [5, 5.41) is 0. The molecule has 0 aromatic heterocycles. The van der Waals surface area contributed by atoms with Crippen LogP contribution >= 0.6 is 15.9 Å². The quantitative estimate of drug-likeness (QED) is 0.703. The minimum atomic E-state index is -0.416. The molecule has 94 valence electrons. The van der Waals surface area contributed by atoms with E-state index in [-0.39, 0.29) is 15.7 Å². The Morgan fingerprint density at radius 2 is 1.76 bits per heavy atom. The first-order valence-electron chi connectivity index (χ1n) is 5.68. The summed E-state index contributed by atoms with van der Waals surface area (Å²) in [5.74, 6) is -0.250. The van der Waals surface area contributed by atoms with Crippen molar-refractivity contribution in [3.63, 3.8) is 0 Å². The van der Waals surface area contributed by atoms with Gasteiger partial charge in [-0.1, -0.05) is 20.8 Å². The van der Waals surface area contributed by atoms with Crippen LogP contribution in [-0.4, -0.2) is 13.1 Å². The Hall–Kier alpha value is -0.640. The molecule has 1 aromatic carbocycles. The van der Waals surface area contributed by atoms with E-state index in [2.05, 4.69) is 36.7 Å². The molecule has 1 saturated heterocycles. The van der Waals surface area contributed by atoms with Gasteiger partial charge in [-0.25, -0.2) is 8.78 Å². The molecule has 0 atom stereocenters. The minimum Gasteiger partial charge on any atom is -0.368 e. The summed E-state index contributed by atoms with van der Waals surface area (Å²) in [5.41, 5.74) is 0.590. The number of anilines is 1. The fourth-order valence-electron chi connectivity index (χ4n) is 1.98. The Bertz CT molecular complexity index is 434. The van der Waals surface area contributed by atoms with Crippen molar-refractivity contribution in [3.05, 3.63) is 28.2 Å². The maximum atomic E-state index is 13.7. The van der Waals surface area contributed by atoms with Gasteiger partial charge in [0.05, 0.1) is 10.2 Å². The summed E-state index contributed by atoms with van der Waals surface area (Å²) < 4.78 is 27.2. The largest absolute Gasteiger partial charge is 0.368 e. The first-order chi connectivity index (χ1) is 7.79. The Balaban J connectivity index is 2.14. The number of hydrogen-bond donors (Lipinski definition) is 0. The normalized spacial score (nSPS) is 17.2. The zero-order chi connectivity index (χ0) is 12.8. The van der Waals surface area contributed by atoms with Crippen LogP contribution in [0.1, 0.15) is 20.8 Å².